The maximum Gasteiger partial charge on any atom is 0.428 e. The molecule has 1 saturated heterocycles. The Morgan fingerprint density at radius 1 is 1.12 bits per heavy atom. The van der Waals surface area contributed by atoms with Crippen LogP contribution in [0.25, 0.3) is 0 Å². The average molecular weight is 479 g/mol. The van der Waals surface area contributed by atoms with E-state index in [0.717, 1.165) is 24.7 Å². The predicted octanol–water partition coefficient (Wildman–Crippen LogP) is 1.85. The van der Waals surface area contributed by atoms with Gasteiger partial charge in [0.1, 0.15) is 23.3 Å². The highest BCUT2D eigenvalue weighted by Crippen LogP contribution is 2.23. The molecule has 1 rings (SSSR count). The molecule has 0 radical (unpaired) electrons. The van der Waals surface area contributed by atoms with Gasteiger partial charge in [0.05, 0.1) is 6.42 Å². The standard InChI is InChI=1S/C21H33F3N4O5/c1-12(2)16(27(6)19(33)20(4,5)26-13(3)21(22,23)24)17(31)25-14(11-15(29)30)18(32)28-9-7-8-10-28/h12,14,16H,7-11H2,1-6H3,(H,25,31)(H,29,30)/b26-13+/t14-,16?/m0/s1. The van der Waals surface area contributed by atoms with Crippen LogP contribution in [0, 0.1) is 5.92 Å². The summed E-state index contributed by atoms with van der Waals surface area (Å²) in [5, 5.41) is 11.6. The zero-order valence-electron chi connectivity index (χ0n) is 19.8. The number of carboxylic acids is 1. The highest BCUT2D eigenvalue weighted by atomic mass is 19.4. The molecule has 1 unspecified atom stereocenters. The van der Waals surface area contributed by atoms with Gasteiger partial charge in [-0.05, 0) is 39.5 Å². The van der Waals surface area contributed by atoms with Gasteiger partial charge in [-0.1, -0.05) is 13.8 Å². The second-order valence-electron chi connectivity index (χ2n) is 9.05. The van der Waals surface area contributed by atoms with Gasteiger partial charge in [-0.25, -0.2) is 0 Å². The zero-order valence-corrected chi connectivity index (χ0v) is 19.8. The summed E-state index contributed by atoms with van der Waals surface area (Å²) in [5.41, 5.74) is -2.99. The second kappa shape index (κ2) is 11.0. The molecule has 0 bridgehead atoms. The monoisotopic (exact) mass is 478 g/mol. The molecule has 33 heavy (non-hydrogen) atoms. The lowest BCUT2D eigenvalue weighted by atomic mass is 9.97. The van der Waals surface area contributed by atoms with Crippen molar-refractivity contribution >= 4 is 29.4 Å². The number of hydrogen-bond acceptors (Lipinski definition) is 5. The number of nitrogens with zero attached hydrogens (tertiary/aromatic N) is 3. The van der Waals surface area contributed by atoms with Gasteiger partial charge in [0.25, 0.3) is 0 Å². The van der Waals surface area contributed by atoms with Crippen molar-refractivity contribution < 1.29 is 37.5 Å². The Hall–Kier alpha value is -2.66. The molecule has 1 aliphatic heterocycles. The van der Waals surface area contributed by atoms with E-state index in [9.17, 15) is 37.5 Å². The molecule has 2 N–H and O–H groups in total. The Bertz CT molecular complexity index is 789. The minimum absolute atomic E-state index is 0.460. The fraction of sp³-hybridized carbons (Fsp3) is 0.762. The summed E-state index contributed by atoms with van der Waals surface area (Å²) in [6.45, 7) is 7.34. The van der Waals surface area contributed by atoms with Crippen LogP contribution in [0.4, 0.5) is 13.2 Å². The summed E-state index contributed by atoms with van der Waals surface area (Å²) in [6.07, 6.45) is -3.79. The number of likely N-dealkylation sites (N-methyl/N-ethyl adjacent to an activating group) is 1. The summed E-state index contributed by atoms with van der Waals surface area (Å²) in [5.74, 6) is -3.90. The van der Waals surface area contributed by atoms with Crippen LogP contribution in [-0.2, 0) is 19.2 Å². The summed E-state index contributed by atoms with van der Waals surface area (Å²) in [7, 11) is 1.27. The number of carboxylic acid groups (broad SMARTS) is 1. The highest BCUT2D eigenvalue weighted by molar-refractivity contribution is 5.97. The van der Waals surface area contributed by atoms with Crippen LogP contribution in [-0.4, -0.2) is 88.2 Å². The molecular weight excluding hydrogens is 445 g/mol. The van der Waals surface area contributed by atoms with Gasteiger partial charge in [0, 0.05) is 20.1 Å². The number of carbonyl (C=O) groups is 4. The third-order valence-electron chi connectivity index (χ3n) is 5.43. The van der Waals surface area contributed by atoms with Crippen LogP contribution in [0.2, 0.25) is 0 Å². The van der Waals surface area contributed by atoms with Crippen molar-refractivity contribution in [1.29, 1.82) is 0 Å². The van der Waals surface area contributed by atoms with Gasteiger partial charge in [-0.2, -0.15) is 13.2 Å². The highest BCUT2D eigenvalue weighted by Gasteiger charge is 2.41. The molecule has 188 valence electrons. The Morgan fingerprint density at radius 2 is 1.64 bits per heavy atom. The summed E-state index contributed by atoms with van der Waals surface area (Å²) in [6, 6.07) is -2.49. The smallest absolute Gasteiger partial charge is 0.428 e. The maximum absolute atomic E-state index is 13.1. The predicted molar refractivity (Wildman–Crippen MR) is 115 cm³/mol. The first-order chi connectivity index (χ1) is 15.0. The van der Waals surface area contributed by atoms with Crippen molar-refractivity contribution in [3.05, 3.63) is 0 Å². The van der Waals surface area contributed by atoms with E-state index in [2.05, 4.69) is 10.3 Å². The summed E-state index contributed by atoms with van der Waals surface area (Å²) in [4.78, 5) is 56.0. The van der Waals surface area contributed by atoms with E-state index in [-0.39, 0.29) is 0 Å². The van der Waals surface area contributed by atoms with Crippen molar-refractivity contribution in [2.45, 2.75) is 77.7 Å². The zero-order chi connectivity index (χ0) is 25.7. The molecule has 0 aliphatic carbocycles. The molecule has 12 heteroatoms. The van der Waals surface area contributed by atoms with E-state index in [1.807, 2.05) is 0 Å². The lowest BCUT2D eigenvalue weighted by molar-refractivity contribution is -0.147. The van der Waals surface area contributed by atoms with Gasteiger partial charge in [-0.3, -0.25) is 24.2 Å². The molecule has 1 aliphatic rings. The van der Waals surface area contributed by atoms with Crippen LogP contribution < -0.4 is 5.32 Å². The number of hydrogen-bond donors (Lipinski definition) is 2. The molecule has 9 nitrogen and oxygen atoms in total. The van der Waals surface area contributed by atoms with Crippen molar-refractivity contribution in [2.24, 2.45) is 10.9 Å². The second-order valence-corrected chi connectivity index (χ2v) is 9.05. The van der Waals surface area contributed by atoms with Crippen LogP contribution in [0.5, 0.6) is 0 Å². The molecule has 1 heterocycles. The van der Waals surface area contributed by atoms with Crippen molar-refractivity contribution in [2.75, 3.05) is 20.1 Å². The van der Waals surface area contributed by atoms with Gasteiger partial charge in [-0.15, -0.1) is 0 Å². The fourth-order valence-corrected chi connectivity index (χ4v) is 3.80. The van der Waals surface area contributed by atoms with Gasteiger partial charge in [0.2, 0.25) is 17.7 Å². The molecule has 3 amide bonds. The third kappa shape index (κ3) is 7.71. The molecule has 0 saturated carbocycles. The third-order valence-corrected chi connectivity index (χ3v) is 5.43. The first-order valence-electron chi connectivity index (χ1n) is 10.7. The number of alkyl halides is 3. The Morgan fingerprint density at radius 3 is 2.06 bits per heavy atom. The van der Waals surface area contributed by atoms with Crippen LogP contribution in [0.3, 0.4) is 0 Å². The lowest BCUT2D eigenvalue weighted by Gasteiger charge is -2.35. The topological polar surface area (TPSA) is 119 Å². The van der Waals surface area contributed by atoms with E-state index in [4.69, 9.17) is 0 Å². The summed E-state index contributed by atoms with van der Waals surface area (Å²) >= 11 is 0. The average Bonchev–Trinajstić information content (AvgIpc) is 3.19. The van der Waals surface area contributed by atoms with Crippen LogP contribution >= 0.6 is 0 Å². The molecule has 0 aromatic heterocycles. The number of halogens is 3. The Kier molecular flexibility index (Phi) is 9.43. The number of aliphatic imine (C=N–C) groups is 1. The normalized spacial score (nSPS) is 17.0. The minimum Gasteiger partial charge on any atom is -0.481 e. The van der Waals surface area contributed by atoms with E-state index in [1.54, 1.807) is 13.8 Å². The lowest BCUT2D eigenvalue weighted by Crippen LogP contribution is -2.58. The summed E-state index contributed by atoms with van der Waals surface area (Å²) < 4.78 is 38.7. The SMILES string of the molecule is C/C(=N\C(C)(C)C(=O)N(C)C(C(=O)N[C@@H](CC(=O)O)C(=O)N1CCCC1)C(C)C)C(F)(F)F. The van der Waals surface area contributed by atoms with Gasteiger partial charge < -0.3 is 20.2 Å². The first kappa shape index (κ1) is 28.4. The van der Waals surface area contributed by atoms with Crippen molar-refractivity contribution in [3.63, 3.8) is 0 Å². The van der Waals surface area contributed by atoms with E-state index in [1.165, 1.54) is 25.8 Å². The number of carbonyl (C=O) groups excluding carboxylic acids is 3. The molecule has 2 atom stereocenters. The van der Waals surface area contributed by atoms with E-state index >= 15 is 0 Å². The molecule has 0 spiro atoms. The molecule has 1 fully saturated rings. The maximum atomic E-state index is 13.1. The van der Waals surface area contributed by atoms with Crippen LogP contribution in [0.15, 0.2) is 4.99 Å². The molecule has 0 aromatic rings. The van der Waals surface area contributed by atoms with Crippen molar-refractivity contribution in [1.82, 2.24) is 15.1 Å². The molecular formula is C21H33F3N4O5. The first-order valence-corrected chi connectivity index (χ1v) is 10.7. The number of nitrogens with one attached hydrogen (secondary N) is 1. The largest absolute Gasteiger partial charge is 0.481 e. The molecule has 0 aromatic carbocycles. The van der Waals surface area contributed by atoms with Gasteiger partial charge in [0.15, 0.2) is 0 Å². The quantitative estimate of drug-likeness (QED) is 0.490. The van der Waals surface area contributed by atoms with E-state index < -0.39 is 65.5 Å². The van der Waals surface area contributed by atoms with E-state index in [0.29, 0.717) is 13.1 Å². The van der Waals surface area contributed by atoms with Crippen LogP contribution in [0.1, 0.15) is 53.9 Å². The number of amides is 3. The Balaban J connectivity index is 3.13. The Labute approximate surface area is 191 Å². The number of aliphatic carboxylic acids is 1. The van der Waals surface area contributed by atoms with Gasteiger partial charge >= 0.3 is 12.1 Å². The fourth-order valence-electron chi connectivity index (χ4n) is 3.80. The number of rotatable bonds is 9. The van der Waals surface area contributed by atoms with Crippen molar-refractivity contribution in [3.8, 4) is 0 Å². The number of likely N-dealkylation sites (tertiary alicyclic amines) is 1. The minimum atomic E-state index is -4.70.